The molecule has 9 nitrogen and oxygen atoms in total. The molecule has 0 fully saturated rings. The number of rotatable bonds is 7. The van der Waals surface area contributed by atoms with Gasteiger partial charge in [0.25, 0.3) is 5.91 Å². The minimum Gasteiger partial charge on any atom is -0.468 e. The van der Waals surface area contributed by atoms with Crippen molar-refractivity contribution in [2.45, 2.75) is 46.3 Å². The van der Waals surface area contributed by atoms with Gasteiger partial charge in [-0.05, 0) is 51.3 Å². The van der Waals surface area contributed by atoms with E-state index in [-0.39, 0.29) is 6.54 Å². The lowest BCUT2D eigenvalue weighted by Crippen LogP contribution is -2.47. The molecule has 168 valence electrons. The fraction of sp³-hybridized carbons (Fsp3) is 0.455. The van der Waals surface area contributed by atoms with Gasteiger partial charge in [-0.3, -0.25) is 19.3 Å². The van der Waals surface area contributed by atoms with Crippen LogP contribution in [0.4, 0.5) is 4.79 Å². The summed E-state index contributed by atoms with van der Waals surface area (Å²) >= 11 is 0. The lowest BCUT2D eigenvalue weighted by atomic mass is 9.94. The normalized spacial score (nSPS) is 11.5. The first-order chi connectivity index (χ1) is 14.4. The van der Waals surface area contributed by atoms with Crippen LogP contribution >= 0.6 is 0 Å². The molecule has 1 aromatic carbocycles. The number of esters is 1. The van der Waals surface area contributed by atoms with Crippen LogP contribution in [0.5, 0.6) is 0 Å². The Bertz CT molecular complexity index is 862. The van der Waals surface area contributed by atoms with Gasteiger partial charge in [0.1, 0.15) is 24.7 Å². The van der Waals surface area contributed by atoms with Crippen molar-refractivity contribution in [3.63, 3.8) is 0 Å². The van der Waals surface area contributed by atoms with Gasteiger partial charge in [0.15, 0.2) is 0 Å². The molecule has 0 aliphatic rings. The van der Waals surface area contributed by atoms with Crippen LogP contribution in [0.1, 0.15) is 43.5 Å². The highest BCUT2D eigenvalue weighted by molar-refractivity contribution is 5.93. The third kappa shape index (κ3) is 7.66. The second-order valence-corrected chi connectivity index (χ2v) is 7.75. The minimum absolute atomic E-state index is 0.389. The number of ether oxygens (including phenoxy) is 2. The van der Waals surface area contributed by atoms with Gasteiger partial charge in [-0.25, -0.2) is 4.79 Å². The molecule has 1 rings (SSSR count). The van der Waals surface area contributed by atoms with Crippen molar-refractivity contribution >= 4 is 23.9 Å². The number of alkyl carbamates (subject to hydrolysis) is 1. The van der Waals surface area contributed by atoms with Crippen LogP contribution in [0.2, 0.25) is 0 Å². The lowest BCUT2D eigenvalue weighted by Gasteiger charge is -2.29. The Labute approximate surface area is 182 Å². The third-order valence-corrected chi connectivity index (χ3v) is 4.15. The van der Waals surface area contributed by atoms with Crippen molar-refractivity contribution in [2.75, 3.05) is 20.2 Å². The smallest absolute Gasteiger partial charge is 0.408 e. The van der Waals surface area contributed by atoms with Gasteiger partial charge in [-0.15, -0.1) is 0 Å². The van der Waals surface area contributed by atoms with Gasteiger partial charge in [-0.1, -0.05) is 24.6 Å². The Morgan fingerprint density at radius 1 is 1.10 bits per heavy atom. The Kier molecular flexibility index (Phi) is 9.06. The molecule has 0 spiro atoms. The molecule has 0 aliphatic heterocycles. The van der Waals surface area contributed by atoms with Crippen molar-refractivity contribution in [2.24, 2.45) is 0 Å². The van der Waals surface area contributed by atoms with Crippen molar-refractivity contribution < 1.29 is 28.7 Å². The molecule has 0 aromatic heterocycles. The first-order valence-corrected chi connectivity index (χ1v) is 9.57. The standard InChI is InChI=1S/C22H29N3O6/c1-8-25(16(26)12-24-21(29)31-22(4,5)6)19(20(28)23-13-17(27)30-7)18-14(2)10-9-11-15(18)3/h1,9-11,19H,12-13H2,2-7H3,(H,23,28)(H,24,29). The number of hydrogen-bond acceptors (Lipinski definition) is 6. The maximum absolute atomic E-state index is 13.0. The number of aryl methyl sites for hydroxylation is 2. The zero-order valence-electron chi connectivity index (χ0n) is 18.7. The van der Waals surface area contributed by atoms with E-state index in [1.54, 1.807) is 46.8 Å². The maximum atomic E-state index is 13.0. The summed E-state index contributed by atoms with van der Waals surface area (Å²) in [5.74, 6) is -2.01. The average Bonchev–Trinajstić information content (AvgIpc) is 2.67. The largest absolute Gasteiger partial charge is 0.468 e. The highest BCUT2D eigenvalue weighted by Crippen LogP contribution is 2.27. The van der Waals surface area contributed by atoms with E-state index in [4.69, 9.17) is 11.2 Å². The predicted molar refractivity (Wildman–Crippen MR) is 114 cm³/mol. The molecule has 2 N–H and O–H groups in total. The molecule has 0 saturated heterocycles. The van der Waals surface area contributed by atoms with Crippen molar-refractivity contribution in [3.05, 3.63) is 34.9 Å². The number of carbonyl (C=O) groups excluding carboxylic acids is 4. The maximum Gasteiger partial charge on any atom is 0.408 e. The highest BCUT2D eigenvalue weighted by atomic mass is 16.6. The SMILES string of the molecule is C#CN(C(=O)CNC(=O)OC(C)(C)C)C(C(=O)NCC(=O)OC)c1c(C)cccc1C. The van der Waals surface area contributed by atoms with Gasteiger partial charge in [-0.2, -0.15) is 0 Å². The molecule has 31 heavy (non-hydrogen) atoms. The summed E-state index contributed by atoms with van der Waals surface area (Å²) in [5.41, 5.74) is 1.24. The molecule has 0 saturated carbocycles. The van der Waals surface area contributed by atoms with Crippen LogP contribution in [-0.4, -0.2) is 54.6 Å². The number of carbonyl (C=O) groups is 4. The van der Waals surface area contributed by atoms with Gasteiger partial charge in [0.2, 0.25) is 5.91 Å². The minimum atomic E-state index is -1.22. The number of nitrogens with one attached hydrogen (secondary N) is 2. The van der Waals surface area contributed by atoms with E-state index in [0.29, 0.717) is 5.56 Å². The van der Waals surface area contributed by atoms with E-state index in [9.17, 15) is 19.2 Å². The Hall–Kier alpha value is -3.54. The Balaban J connectivity index is 3.18. The number of nitrogens with zero attached hydrogens (tertiary/aromatic N) is 1. The Morgan fingerprint density at radius 3 is 2.16 bits per heavy atom. The van der Waals surface area contributed by atoms with Gasteiger partial charge >= 0.3 is 12.1 Å². The van der Waals surface area contributed by atoms with Crippen LogP contribution < -0.4 is 10.6 Å². The number of hydrogen-bond donors (Lipinski definition) is 2. The number of terminal acetylenes is 1. The molecule has 0 bridgehead atoms. The van der Waals surface area contributed by atoms with Gasteiger partial charge in [0, 0.05) is 6.04 Å². The summed E-state index contributed by atoms with van der Waals surface area (Å²) < 4.78 is 9.64. The van der Waals surface area contributed by atoms with E-state index in [1.807, 2.05) is 6.07 Å². The first kappa shape index (κ1) is 25.5. The molecule has 0 radical (unpaired) electrons. The van der Waals surface area contributed by atoms with Gasteiger partial charge in [0.05, 0.1) is 7.11 Å². The van der Waals surface area contributed by atoms with E-state index in [0.717, 1.165) is 16.0 Å². The molecule has 9 heteroatoms. The molecule has 0 heterocycles. The molecular formula is C22H29N3O6. The van der Waals surface area contributed by atoms with Crippen LogP contribution in [0, 0.1) is 26.3 Å². The highest BCUT2D eigenvalue weighted by Gasteiger charge is 2.33. The van der Waals surface area contributed by atoms with Crippen molar-refractivity contribution in [1.82, 2.24) is 15.5 Å². The molecule has 1 unspecified atom stereocenters. The average molecular weight is 431 g/mol. The van der Waals surface area contributed by atoms with E-state index in [2.05, 4.69) is 21.4 Å². The fourth-order valence-corrected chi connectivity index (χ4v) is 2.80. The molecule has 3 amide bonds. The second-order valence-electron chi connectivity index (χ2n) is 7.75. The summed E-state index contributed by atoms with van der Waals surface area (Å²) in [6, 6.07) is 6.37. The quantitative estimate of drug-likeness (QED) is 0.385. The van der Waals surface area contributed by atoms with Gasteiger partial charge < -0.3 is 20.1 Å². The van der Waals surface area contributed by atoms with Crippen LogP contribution in [0.25, 0.3) is 0 Å². The zero-order chi connectivity index (χ0) is 23.8. The zero-order valence-corrected chi connectivity index (χ0v) is 18.7. The fourth-order valence-electron chi connectivity index (χ4n) is 2.80. The molecular weight excluding hydrogens is 402 g/mol. The number of benzene rings is 1. The van der Waals surface area contributed by atoms with E-state index in [1.165, 1.54) is 7.11 Å². The van der Waals surface area contributed by atoms with Crippen molar-refractivity contribution in [3.8, 4) is 12.5 Å². The summed E-state index contributed by atoms with van der Waals surface area (Å²) in [6.07, 6.45) is 4.78. The van der Waals surface area contributed by atoms with E-state index < -0.39 is 42.1 Å². The monoisotopic (exact) mass is 431 g/mol. The Morgan fingerprint density at radius 2 is 1.68 bits per heavy atom. The number of methoxy groups -OCH3 is 1. The van der Waals surface area contributed by atoms with Crippen molar-refractivity contribution in [1.29, 1.82) is 0 Å². The van der Waals surface area contributed by atoms with E-state index >= 15 is 0 Å². The summed E-state index contributed by atoms with van der Waals surface area (Å²) in [7, 11) is 1.19. The molecule has 1 atom stereocenters. The predicted octanol–water partition coefficient (Wildman–Crippen LogP) is 1.58. The van der Waals surface area contributed by atoms with Crippen LogP contribution in [-0.2, 0) is 23.9 Å². The van der Waals surface area contributed by atoms with Crippen LogP contribution in [0.15, 0.2) is 18.2 Å². The molecule has 1 aromatic rings. The summed E-state index contributed by atoms with van der Waals surface area (Å²) in [6.45, 7) is 7.74. The second kappa shape index (κ2) is 11.0. The molecule has 0 aliphatic carbocycles. The third-order valence-electron chi connectivity index (χ3n) is 4.15. The van der Waals surface area contributed by atoms with Crippen LogP contribution in [0.3, 0.4) is 0 Å². The topological polar surface area (TPSA) is 114 Å². The summed E-state index contributed by atoms with van der Waals surface area (Å²) in [5, 5.41) is 4.77. The first-order valence-electron chi connectivity index (χ1n) is 9.57. The lowest BCUT2D eigenvalue weighted by molar-refractivity contribution is -0.142. The number of amides is 3. The summed E-state index contributed by atoms with van der Waals surface area (Å²) in [4.78, 5) is 50.0.